The number of ketones is 1. The third kappa shape index (κ3) is 8.19. The minimum Gasteiger partial charge on any atom is -0.461 e. The molecule has 0 heterocycles. The Bertz CT molecular complexity index is 382. The van der Waals surface area contributed by atoms with E-state index in [2.05, 4.69) is 5.32 Å². The standard InChI is InChI=1S/C14H24N2O5/c1-9(2)21-14(19)12(6-5-11(17)7-15)16-13(18)10(3)8-20-4/h7,9-10,12,15H,5-6,8H2,1-4H3,(H,16,18)/t10-,12+/m1/s1. The molecule has 7 heteroatoms. The molecule has 2 atom stereocenters. The molecule has 2 N–H and O–H groups in total. The average Bonchev–Trinajstić information content (AvgIpc) is 2.41. The molecule has 0 aromatic carbocycles. The van der Waals surface area contributed by atoms with Gasteiger partial charge in [-0.05, 0) is 20.3 Å². The van der Waals surface area contributed by atoms with E-state index in [1.54, 1.807) is 20.8 Å². The van der Waals surface area contributed by atoms with Crippen molar-refractivity contribution in [3.8, 4) is 0 Å². The highest BCUT2D eigenvalue weighted by Gasteiger charge is 2.25. The van der Waals surface area contributed by atoms with Crippen LogP contribution in [-0.2, 0) is 23.9 Å². The van der Waals surface area contributed by atoms with Gasteiger partial charge in [0.2, 0.25) is 5.91 Å². The van der Waals surface area contributed by atoms with E-state index < -0.39 is 23.7 Å². The molecule has 0 fully saturated rings. The number of Topliss-reactive ketones (excluding diaryl/α,β-unsaturated/α-hetero) is 1. The van der Waals surface area contributed by atoms with Gasteiger partial charge in [0.1, 0.15) is 6.04 Å². The molecular weight excluding hydrogens is 276 g/mol. The Morgan fingerprint density at radius 3 is 2.33 bits per heavy atom. The summed E-state index contributed by atoms with van der Waals surface area (Å²) in [5, 5.41) is 9.41. The van der Waals surface area contributed by atoms with Gasteiger partial charge >= 0.3 is 5.97 Å². The average molecular weight is 300 g/mol. The van der Waals surface area contributed by atoms with Crippen LogP contribution in [0.1, 0.15) is 33.6 Å². The van der Waals surface area contributed by atoms with E-state index in [0.29, 0.717) is 6.21 Å². The molecule has 0 aromatic rings. The second-order valence-corrected chi connectivity index (χ2v) is 5.05. The first kappa shape index (κ1) is 19.2. The smallest absolute Gasteiger partial charge is 0.328 e. The molecule has 120 valence electrons. The Morgan fingerprint density at radius 1 is 1.24 bits per heavy atom. The molecule has 0 radical (unpaired) electrons. The number of hydrogen-bond acceptors (Lipinski definition) is 6. The maximum Gasteiger partial charge on any atom is 0.328 e. The molecule has 0 saturated heterocycles. The lowest BCUT2D eigenvalue weighted by Crippen LogP contribution is -2.45. The first-order chi connectivity index (χ1) is 9.81. The molecule has 0 saturated carbocycles. The zero-order chi connectivity index (χ0) is 16.4. The van der Waals surface area contributed by atoms with Gasteiger partial charge in [0.25, 0.3) is 0 Å². The summed E-state index contributed by atoms with van der Waals surface area (Å²) in [6.07, 6.45) is 0.484. The predicted molar refractivity (Wildman–Crippen MR) is 77.2 cm³/mol. The lowest BCUT2D eigenvalue weighted by Gasteiger charge is -2.20. The molecule has 0 spiro atoms. The van der Waals surface area contributed by atoms with Crippen LogP contribution in [-0.4, -0.2) is 49.7 Å². The van der Waals surface area contributed by atoms with E-state index in [1.165, 1.54) is 7.11 Å². The number of carbonyl (C=O) groups is 3. The van der Waals surface area contributed by atoms with Crippen molar-refractivity contribution in [1.82, 2.24) is 5.32 Å². The number of carbonyl (C=O) groups excluding carboxylic acids is 3. The van der Waals surface area contributed by atoms with Crippen molar-refractivity contribution in [2.45, 2.75) is 45.8 Å². The van der Waals surface area contributed by atoms with E-state index in [0.717, 1.165) is 0 Å². The van der Waals surface area contributed by atoms with Crippen LogP contribution in [0, 0.1) is 11.3 Å². The van der Waals surface area contributed by atoms with Crippen LogP contribution in [0.4, 0.5) is 0 Å². The number of esters is 1. The van der Waals surface area contributed by atoms with Crippen LogP contribution in [0.15, 0.2) is 0 Å². The first-order valence-corrected chi connectivity index (χ1v) is 6.84. The summed E-state index contributed by atoms with van der Waals surface area (Å²) >= 11 is 0. The molecule has 0 unspecified atom stereocenters. The Labute approximate surface area is 124 Å². The van der Waals surface area contributed by atoms with Crippen LogP contribution in [0.25, 0.3) is 0 Å². The van der Waals surface area contributed by atoms with Crippen LogP contribution in [0.3, 0.4) is 0 Å². The lowest BCUT2D eigenvalue weighted by atomic mass is 10.1. The van der Waals surface area contributed by atoms with Gasteiger partial charge in [0.05, 0.1) is 24.8 Å². The van der Waals surface area contributed by atoms with Gasteiger partial charge in [-0.15, -0.1) is 0 Å². The Kier molecular flexibility index (Phi) is 9.20. The normalized spacial score (nSPS) is 13.4. The number of hydrogen-bond donors (Lipinski definition) is 2. The molecular formula is C14H24N2O5. The second-order valence-electron chi connectivity index (χ2n) is 5.05. The van der Waals surface area contributed by atoms with Crippen molar-refractivity contribution >= 4 is 23.9 Å². The molecule has 0 aliphatic heterocycles. The van der Waals surface area contributed by atoms with Crippen molar-refractivity contribution in [3.63, 3.8) is 0 Å². The van der Waals surface area contributed by atoms with Gasteiger partial charge in [0.15, 0.2) is 5.78 Å². The molecule has 1 amide bonds. The monoisotopic (exact) mass is 300 g/mol. The minimum atomic E-state index is -0.900. The predicted octanol–water partition coefficient (Wildman–Crippen LogP) is 0.704. The Balaban J connectivity index is 4.70. The third-order valence-electron chi connectivity index (χ3n) is 2.66. The largest absolute Gasteiger partial charge is 0.461 e. The summed E-state index contributed by atoms with van der Waals surface area (Å²) in [5.74, 6) is -1.75. The van der Waals surface area contributed by atoms with Gasteiger partial charge in [-0.3, -0.25) is 9.59 Å². The highest BCUT2D eigenvalue weighted by Crippen LogP contribution is 2.05. The molecule has 0 aromatic heterocycles. The fourth-order valence-corrected chi connectivity index (χ4v) is 1.56. The van der Waals surface area contributed by atoms with E-state index in [4.69, 9.17) is 14.9 Å². The fourth-order valence-electron chi connectivity index (χ4n) is 1.56. The van der Waals surface area contributed by atoms with Gasteiger partial charge in [-0.2, -0.15) is 0 Å². The summed E-state index contributed by atoms with van der Waals surface area (Å²) < 4.78 is 9.95. The van der Waals surface area contributed by atoms with E-state index in [1.807, 2.05) is 0 Å². The zero-order valence-electron chi connectivity index (χ0n) is 13.0. The van der Waals surface area contributed by atoms with Crippen LogP contribution in [0.2, 0.25) is 0 Å². The molecule has 7 nitrogen and oxygen atoms in total. The van der Waals surface area contributed by atoms with Crippen molar-refractivity contribution < 1.29 is 23.9 Å². The summed E-state index contributed by atoms with van der Waals surface area (Å²) in [6, 6.07) is -0.900. The maximum absolute atomic E-state index is 11.9. The van der Waals surface area contributed by atoms with Crippen molar-refractivity contribution in [3.05, 3.63) is 0 Å². The van der Waals surface area contributed by atoms with E-state index in [9.17, 15) is 14.4 Å². The van der Waals surface area contributed by atoms with Crippen molar-refractivity contribution in [2.75, 3.05) is 13.7 Å². The number of ether oxygens (including phenoxy) is 2. The summed E-state index contributed by atoms with van der Waals surface area (Å²) in [4.78, 5) is 35.0. The van der Waals surface area contributed by atoms with Gasteiger partial charge < -0.3 is 20.2 Å². The molecule has 0 bridgehead atoms. The SMILES string of the molecule is COC[C@@H](C)C(=O)N[C@@H](CCC(=O)C=N)C(=O)OC(C)C. The van der Waals surface area contributed by atoms with Gasteiger partial charge in [-0.1, -0.05) is 6.92 Å². The molecule has 0 aliphatic rings. The molecule has 21 heavy (non-hydrogen) atoms. The molecule has 0 aliphatic carbocycles. The quantitative estimate of drug-likeness (QED) is 0.456. The van der Waals surface area contributed by atoms with Crippen molar-refractivity contribution in [1.29, 1.82) is 5.41 Å². The zero-order valence-corrected chi connectivity index (χ0v) is 13.0. The maximum atomic E-state index is 11.9. The number of methoxy groups -OCH3 is 1. The number of rotatable bonds is 10. The molecule has 0 rings (SSSR count). The summed E-state index contributed by atoms with van der Waals surface area (Å²) in [6.45, 7) is 5.31. The highest BCUT2D eigenvalue weighted by atomic mass is 16.5. The first-order valence-electron chi connectivity index (χ1n) is 6.84. The lowest BCUT2D eigenvalue weighted by molar-refractivity contribution is -0.152. The van der Waals surface area contributed by atoms with Crippen molar-refractivity contribution in [2.24, 2.45) is 5.92 Å². The van der Waals surface area contributed by atoms with Crippen LogP contribution in [0.5, 0.6) is 0 Å². The van der Waals surface area contributed by atoms with Gasteiger partial charge in [-0.25, -0.2) is 4.79 Å². The summed E-state index contributed by atoms with van der Waals surface area (Å²) in [7, 11) is 1.48. The number of nitrogens with one attached hydrogen (secondary N) is 2. The van der Waals surface area contributed by atoms with Crippen LogP contribution >= 0.6 is 0 Å². The topological polar surface area (TPSA) is 106 Å². The second kappa shape index (κ2) is 10.0. The van der Waals surface area contributed by atoms with E-state index in [-0.39, 0.29) is 31.5 Å². The number of amides is 1. The van der Waals surface area contributed by atoms with Gasteiger partial charge in [0, 0.05) is 13.5 Å². The Hall–Kier alpha value is -1.76. The fraction of sp³-hybridized carbons (Fsp3) is 0.714. The summed E-state index contributed by atoms with van der Waals surface area (Å²) in [5.41, 5.74) is 0. The van der Waals surface area contributed by atoms with Crippen LogP contribution < -0.4 is 5.32 Å². The third-order valence-corrected chi connectivity index (χ3v) is 2.66. The minimum absolute atomic E-state index is 0.000298. The Morgan fingerprint density at radius 2 is 1.86 bits per heavy atom. The van der Waals surface area contributed by atoms with E-state index >= 15 is 0 Å². The highest BCUT2D eigenvalue weighted by molar-refractivity contribution is 6.26.